The van der Waals surface area contributed by atoms with Crippen LogP contribution in [-0.4, -0.2) is 24.7 Å². The summed E-state index contributed by atoms with van der Waals surface area (Å²) < 4.78 is 0. The Morgan fingerprint density at radius 1 is 0.958 bits per heavy atom. The number of carbonyl (C=O) groups excluding carboxylic acids is 1. The third kappa shape index (κ3) is 5.03. The molecule has 1 N–H and O–H groups in total. The lowest BCUT2D eigenvalue weighted by Crippen LogP contribution is -2.29. The van der Waals surface area contributed by atoms with Gasteiger partial charge in [-0.1, -0.05) is 30.3 Å². The van der Waals surface area contributed by atoms with Gasteiger partial charge < -0.3 is 10.2 Å². The summed E-state index contributed by atoms with van der Waals surface area (Å²) in [6.45, 7) is 2.28. The van der Waals surface area contributed by atoms with Crippen LogP contribution in [0, 0.1) is 0 Å². The fourth-order valence-electron chi connectivity index (χ4n) is 2.94. The van der Waals surface area contributed by atoms with Crippen molar-refractivity contribution in [1.82, 2.24) is 0 Å². The molecular weight excluding hydrogens is 316 g/mol. The van der Waals surface area contributed by atoms with Crippen LogP contribution in [0.2, 0.25) is 0 Å². The zero-order valence-electron chi connectivity index (χ0n) is 13.9. The first kappa shape index (κ1) is 16.9. The number of anilines is 2. The average molecular weight is 340 g/mol. The van der Waals surface area contributed by atoms with Gasteiger partial charge in [-0.3, -0.25) is 4.79 Å². The van der Waals surface area contributed by atoms with Gasteiger partial charge in [0.25, 0.3) is 0 Å². The normalized spacial score (nSPS) is 14.4. The Labute approximate surface area is 148 Å². The lowest BCUT2D eigenvalue weighted by atomic mass is 10.1. The molecule has 1 aliphatic heterocycles. The minimum atomic E-state index is 0.0571. The molecule has 2 aromatic carbocycles. The van der Waals surface area contributed by atoms with E-state index in [0.29, 0.717) is 5.75 Å². The Hall–Kier alpha value is -1.94. The maximum atomic E-state index is 12.0. The molecule has 1 amide bonds. The lowest BCUT2D eigenvalue weighted by Gasteiger charge is -2.28. The highest BCUT2D eigenvalue weighted by molar-refractivity contribution is 7.99. The fourth-order valence-corrected chi connectivity index (χ4v) is 3.73. The molecule has 0 unspecified atom stereocenters. The van der Waals surface area contributed by atoms with E-state index in [1.54, 1.807) is 11.8 Å². The van der Waals surface area contributed by atoms with E-state index in [4.69, 9.17) is 0 Å². The van der Waals surface area contributed by atoms with E-state index in [1.807, 2.05) is 30.3 Å². The number of rotatable bonds is 6. The predicted octanol–water partition coefficient (Wildman–Crippen LogP) is 4.55. The van der Waals surface area contributed by atoms with Gasteiger partial charge in [-0.25, -0.2) is 0 Å². The summed E-state index contributed by atoms with van der Waals surface area (Å²) in [5.74, 6) is 1.40. The van der Waals surface area contributed by atoms with Gasteiger partial charge in [0.05, 0.1) is 5.75 Å². The van der Waals surface area contributed by atoms with Crippen molar-refractivity contribution in [2.24, 2.45) is 0 Å². The zero-order chi connectivity index (χ0) is 16.6. The maximum absolute atomic E-state index is 12.0. The van der Waals surface area contributed by atoms with Crippen molar-refractivity contribution >= 4 is 29.0 Å². The quantitative estimate of drug-likeness (QED) is 0.837. The van der Waals surface area contributed by atoms with E-state index in [9.17, 15) is 4.79 Å². The number of carbonyl (C=O) groups is 1. The van der Waals surface area contributed by atoms with Gasteiger partial charge in [0, 0.05) is 30.2 Å². The predicted molar refractivity (Wildman–Crippen MR) is 104 cm³/mol. The van der Waals surface area contributed by atoms with Crippen molar-refractivity contribution in [3.05, 3.63) is 60.2 Å². The van der Waals surface area contributed by atoms with Crippen molar-refractivity contribution < 1.29 is 4.79 Å². The van der Waals surface area contributed by atoms with E-state index in [-0.39, 0.29) is 5.91 Å². The van der Waals surface area contributed by atoms with Crippen LogP contribution in [0.15, 0.2) is 54.6 Å². The van der Waals surface area contributed by atoms with Gasteiger partial charge >= 0.3 is 0 Å². The minimum absolute atomic E-state index is 0.0571. The van der Waals surface area contributed by atoms with Crippen molar-refractivity contribution in [3.63, 3.8) is 0 Å². The van der Waals surface area contributed by atoms with Crippen molar-refractivity contribution in [2.75, 3.05) is 29.1 Å². The van der Waals surface area contributed by atoms with Crippen LogP contribution in [0.4, 0.5) is 11.4 Å². The summed E-state index contributed by atoms with van der Waals surface area (Å²) in [5.41, 5.74) is 3.38. The van der Waals surface area contributed by atoms with Crippen molar-refractivity contribution in [1.29, 1.82) is 0 Å². The van der Waals surface area contributed by atoms with Gasteiger partial charge in [0.15, 0.2) is 0 Å². The van der Waals surface area contributed by atoms with Crippen molar-refractivity contribution in [2.45, 2.75) is 25.0 Å². The van der Waals surface area contributed by atoms with Gasteiger partial charge in [0.2, 0.25) is 5.91 Å². The highest BCUT2D eigenvalue weighted by atomic mass is 32.2. The van der Waals surface area contributed by atoms with Crippen LogP contribution in [-0.2, 0) is 10.5 Å². The molecular formula is C20H24N2OS. The maximum Gasteiger partial charge on any atom is 0.234 e. The third-order valence-corrected chi connectivity index (χ3v) is 5.22. The van der Waals surface area contributed by atoms with Crippen LogP contribution in [0.1, 0.15) is 24.8 Å². The highest BCUT2D eigenvalue weighted by Crippen LogP contribution is 2.22. The molecule has 1 fully saturated rings. The average Bonchev–Trinajstić information content (AvgIpc) is 2.64. The molecule has 1 heterocycles. The van der Waals surface area contributed by atoms with Gasteiger partial charge in [-0.05, 0) is 49.1 Å². The SMILES string of the molecule is O=C(CSCc1ccccc1)Nc1ccc(N2CCCCC2)cc1. The Morgan fingerprint density at radius 3 is 2.38 bits per heavy atom. The second kappa shape index (κ2) is 8.78. The second-order valence-corrected chi connectivity index (χ2v) is 7.11. The van der Waals surface area contributed by atoms with Crippen molar-refractivity contribution in [3.8, 4) is 0 Å². The second-order valence-electron chi connectivity index (χ2n) is 6.12. The van der Waals surface area contributed by atoms with E-state index >= 15 is 0 Å². The molecule has 1 saturated heterocycles. The summed E-state index contributed by atoms with van der Waals surface area (Å²) in [6.07, 6.45) is 3.89. The number of thioether (sulfide) groups is 1. The molecule has 0 bridgehead atoms. The van der Waals surface area contributed by atoms with Crippen LogP contribution in [0.3, 0.4) is 0 Å². The zero-order valence-corrected chi connectivity index (χ0v) is 14.7. The van der Waals surface area contributed by atoms with E-state index < -0.39 is 0 Å². The molecule has 2 aromatic rings. The number of nitrogens with zero attached hydrogens (tertiary/aromatic N) is 1. The number of benzene rings is 2. The molecule has 0 aliphatic carbocycles. The lowest BCUT2D eigenvalue weighted by molar-refractivity contribution is -0.113. The molecule has 24 heavy (non-hydrogen) atoms. The van der Waals surface area contributed by atoms with Gasteiger partial charge in [0.1, 0.15) is 0 Å². The minimum Gasteiger partial charge on any atom is -0.372 e. The van der Waals surface area contributed by atoms with Crippen LogP contribution in [0.25, 0.3) is 0 Å². The molecule has 0 spiro atoms. The summed E-state index contributed by atoms with van der Waals surface area (Å²) in [6, 6.07) is 18.5. The topological polar surface area (TPSA) is 32.3 Å². The monoisotopic (exact) mass is 340 g/mol. The largest absolute Gasteiger partial charge is 0.372 e. The fraction of sp³-hybridized carbons (Fsp3) is 0.350. The summed E-state index contributed by atoms with van der Waals surface area (Å²) in [5, 5.41) is 2.98. The van der Waals surface area contributed by atoms with Crippen LogP contribution in [0.5, 0.6) is 0 Å². The molecule has 4 heteroatoms. The Morgan fingerprint density at radius 2 is 1.67 bits per heavy atom. The summed E-state index contributed by atoms with van der Waals surface area (Å²) >= 11 is 1.64. The Balaban J connectivity index is 1.44. The number of amides is 1. The highest BCUT2D eigenvalue weighted by Gasteiger charge is 2.10. The summed E-state index contributed by atoms with van der Waals surface area (Å²) in [4.78, 5) is 14.5. The van der Waals surface area contributed by atoms with Gasteiger partial charge in [-0.2, -0.15) is 0 Å². The van der Waals surface area contributed by atoms with Gasteiger partial charge in [-0.15, -0.1) is 11.8 Å². The molecule has 126 valence electrons. The molecule has 0 radical (unpaired) electrons. The molecule has 0 aromatic heterocycles. The standard InChI is InChI=1S/C20H24N2OS/c23-20(16-24-15-17-7-3-1-4-8-17)21-18-9-11-19(12-10-18)22-13-5-2-6-14-22/h1,3-4,7-12H,2,5-6,13-16H2,(H,21,23). The van der Waals surface area contributed by atoms with Crippen LogP contribution >= 0.6 is 11.8 Å². The number of nitrogens with one attached hydrogen (secondary N) is 1. The Bertz CT molecular complexity index is 636. The number of piperidine rings is 1. The molecule has 0 saturated carbocycles. The van der Waals surface area contributed by atoms with E-state index in [0.717, 1.165) is 24.5 Å². The smallest absolute Gasteiger partial charge is 0.234 e. The summed E-state index contributed by atoms with van der Waals surface area (Å²) in [7, 11) is 0. The van der Waals surface area contributed by atoms with Crippen LogP contribution < -0.4 is 10.2 Å². The van der Waals surface area contributed by atoms with E-state index in [2.05, 4.69) is 34.5 Å². The Kier molecular flexibility index (Phi) is 6.19. The first-order chi connectivity index (χ1) is 11.8. The first-order valence-corrected chi connectivity index (χ1v) is 9.73. The first-order valence-electron chi connectivity index (χ1n) is 8.58. The third-order valence-electron chi connectivity index (χ3n) is 4.22. The molecule has 3 rings (SSSR count). The molecule has 1 aliphatic rings. The van der Waals surface area contributed by atoms with E-state index in [1.165, 1.54) is 30.5 Å². The number of hydrogen-bond acceptors (Lipinski definition) is 3. The number of hydrogen-bond donors (Lipinski definition) is 1. The molecule has 0 atom stereocenters. The molecule has 3 nitrogen and oxygen atoms in total.